The first-order valence-corrected chi connectivity index (χ1v) is 6.65. The van der Waals surface area contributed by atoms with Crippen molar-refractivity contribution in [3.8, 4) is 0 Å². The molecule has 0 spiro atoms. The van der Waals surface area contributed by atoms with Gasteiger partial charge in [-0.05, 0) is 13.8 Å². The normalized spacial score (nSPS) is 13.5. The lowest BCUT2D eigenvalue weighted by molar-refractivity contribution is 0.374. The molecule has 1 unspecified atom stereocenters. The van der Waals surface area contributed by atoms with Crippen molar-refractivity contribution in [2.75, 3.05) is 5.32 Å². The van der Waals surface area contributed by atoms with Crippen LogP contribution < -0.4 is 5.32 Å². The zero-order chi connectivity index (χ0) is 14.0. The molecule has 5 heteroatoms. The van der Waals surface area contributed by atoms with Crippen LogP contribution in [0.4, 0.5) is 5.69 Å². The second kappa shape index (κ2) is 5.07. The summed E-state index contributed by atoms with van der Waals surface area (Å²) in [5, 5.41) is 7.57. The van der Waals surface area contributed by atoms with Crippen LogP contribution in [0.25, 0.3) is 0 Å². The summed E-state index contributed by atoms with van der Waals surface area (Å²) in [5.41, 5.74) is 0.961. The number of aryl methyl sites for hydroxylation is 1. The zero-order valence-electron chi connectivity index (χ0n) is 12.3. The first-order chi connectivity index (χ1) is 8.90. The Morgan fingerprint density at radius 3 is 2.63 bits per heavy atom. The molecule has 2 aromatic heterocycles. The Balaban J connectivity index is 2.07. The van der Waals surface area contributed by atoms with E-state index >= 15 is 0 Å². The maximum Gasteiger partial charge on any atom is 0.216 e. The molecule has 0 bridgehead atoms. The minimum absolute atomic E-state index is 0.0158. The Bertz CT molecular complexity index is 536. The molecule has 0 fully saturated rings. The average molecular weight is 262 g/mol. The van der Waals surface area contributed by atoms with Gasteiger partial charge in [-0.2, -0.15) is 5.10 Å². The lowest BCUT2D eigenvalue weighted by Crippen LogP contribution is -2.10. The molecule has 0 radical (unpaired) electrons. The number of nitrogens with one attached hydrogen (secondary N) is 1. The van der Waals surface area contributed by atoms with Crippen LogP contribution in [0.5, 0.6) is 0 Å². The summed E-state index contributed by atoms with van der Waals surface area (Å²) < 4.78 is 7.69. The van der Waals surface area contributed by atoms with Crippen LogP contribution in [0.15, 0.2) is 23.0 Å². The van der Waals surface area contributed by atoms with E-state index in [2.05, 4.69) is 43.1 Å². The van der Waals surface area contributed by atoms with Crippen molar-refractivity contribution < 1.29 is 4.42 Å². The van der Waals surface area contributed by atoms with Gasteiger partial charge in [-0.3, -0.25) is 4.68 Å². The highest BCUT2D eigenvalue weighted by Crippen LogP contribution is 2.26. The van der Waals surface area contributed by atoms with Gasteiger partial charge in [-0.25, -0.2) is 4.98 Å². The number of aromatic nitrogens is 3. The number of anilines is 1. The maximum atomic E-state index is 5.81. The number of nitrogens with zero attached hydrogens (tertiary/aromatic N) is 3. The Labute approximate surface area is 114 Å². The molecule has 0 aliphatic rings. The van der Waals surface area contributed by atoms with Gasteiger partial charge in [-0.1, -0.05) is 20.8 Å². The number of rotatable bonds is 4. The van der Waals surface area contributed by atoms with Crippen LogP contribution in [0.2, 0.25) is 0 Å². The highest BCUT2D eigenvalue weighted by molar-refractivity contribution is 5.39. The highest BCUT2D eigenvalue weighted by Gasteiger charge is 2.21. The van der Waals surface area contributed by atoms with E-state index in [1.807, 2.05) is 30.2 Å². The third-order valence-electron chi connectivity index (χ3n) is 2.97. The van der Waals surface area contributed by atoms with Crippen LogP contribution in [-0.2, 0) is 12.0 Å². The van der Waals surface area contributed by atoms with E-state index in [1.54, 1.807) is 0 Å². The Morgan fingerprint density at radius 1 is 1.37 bits per heavy atom. The SMILES string of the molecule is CCn1cc(NC(C)c2ncc(C(C)(C)C)o2)cn1. The van der Waals surface area contributed by atoms with Gasteiger partial charge in [-0.15, -0.1) is 0 Å². The molecule has 1 atom stereocenters. The molecule has 0 aromatic carbocycles. The van der Waals surface area contributed by atoms with Gasteiger partial charge in [0, 0.05) is 18.2 Å². The summed E-state index contributed by atoms with van der Waals surface area (Å²) in [6, 6.07) is 0.0191. The van der Waals surface area contributed by atoms with Crippen LogP contribution >= 0.6 is 0 Å². The van der Waals surface area contributed by atoms with Crippen molar-refractivity contribution in [3.63, 3.8) is 0 Å². The van der Waals surface area contributed by atoms with Crippen molar-refractivity contribution in [1.29, 1.82) is 0 Å². The van der Waals surface area contributed by atoms with Crippen LogP contribution in [-0.4, -0.2) is 14.8 Å². The molecule has 2 heterocycles. The fraction of sp³-hybridized carbons (Fsp3) is 0.571. The lowest BCUT2D eigenvalue weighted by atomic mass is 9.94. The molecule has 104 valence electrons. The van der Waals surface area contributed by atoms with Crippen LogP contribution in [0.1, 0.15) is 52.3 Å². The van der Waals surface area contributed by atoms with Gasteiger partial charge in [0.25, 0.3) is 0 Å². The molecule has 0 saturated heterocycles. The number of hydrogen-bond donors (Lipinski definition) is 1. The second-order valence-electron chi connectivity index (χ2n) is 5.76. The predicted octanol–water partition coefficient (Wildman–Crippen LogP) is 3.36. The van der Waals surface area contributed by atoms with Crippen molar-refractivity contribution in [2.45, 2.75) is 52.6 Å². The summed E-state index contributed by atoms with van der Waals surface area (Å²) >= 11 is 0. The van der Waals surface area contributed by atoms with Crippen LogP contribution in [0.3, 0.4) is 0 Å². The molecule has 0 saturated carbocycles. The third kappa shape index (κ3) is 3.16. The van der Waals surface area contributed by atoms with Crippen LogP contribution in [0, 0.1) is 0 Å². The van der Waals surface area contributed by atoms with E-state index in [1.165, 1.54) is 0 Å². The molecule has 0 amide bonds. The Morgan fingerprint density at radius 2 is 2.11 bits per heavy atom. The van der Waals surface area contributed by atoms with E-state index < -0.39 is 0 Å². The van der Waals surface area contributed by atoms with E-state index in [0.717, 1.165) is 18.0 Å². The number of hydrogen-bond acceptors (Lipinski definition) is 4. The Kier molecular flexibility index (Phi) is 3.64. The van der Waals surface area contributed by atoms with Gasteiger partial charge in [0.15, 0.2) is 0 Å². The summed E-state index contributed by atoms with van der Waals surface area (Å²) in [6.45, 7) is 11.3. The quantitative estimate of drug-likeness (QED) is 0.918. The van der Waals surface area contributed by atoms with Crippen molar-refractivity contribution in [2.24, 2.45) is 0 Å². The van der Waals surface area contributed by atoms with Gasteiger partial charge in [0.05, 0.1) is 18.1 Å². The monoisotopic (exact) mass is 262 g/mol. The summed E-state index contributed by atoms with van der Waals surface area (Å²) in [6.07, 6.45) is 5.60. The summed E-state index contributed by atoms with van der Waals surface area (Å²) in [4.78, 5) is 4.35. The fourth-order valence-corrected chi connectivity index (χ4v) is 1.76. The standard InChI is InChI=1S/C14H22N4O/c1-6-18-9-11(7-16-18)17-10(2)13-15-8-12(19-13)14(3,4)5/h7-10,17H,6H2,1-5H3. The van der Waals surface area contributed by atoms with Gasteiger partial charge in [0.2, 0.25) is 5.89 Å². The molecule has 0 aliphatic carbocycles. The Hall–Kier alpha value is -1.78. The molecular formula is C14H22N4O. The lowest BCUT2D eigenvalue weighted by Gasteiger charge is -2.14. The van der Waals surface area contributed by atoms with Crippen molar-refractivity contribution in [3.05, 3.63) is 30.2 Å². The third-order valence-corrected chi connectivity index (χ3v) is 2.97. The summed E-state index contributed by atoms with van der Waals surface area (Å²) in [5.74, 6) is 1.61. The van der Waals surface area contributed by atoms with Gasteiger partial charge >= 0.3 is 0 Å². The minimum atomic E-state index is -0.0158. The smallest absolute Gasteiger partial charge is 0.216 e. The first-order valence-electron chi connectivity index (χ1n) is 6.65. The first kappa shape index (κ1) is 13.6. The fourth-order valence-electron chi connectivity index (χ4n) is 1.76. The topological polar surface area (TPSA) is 55.9 Å². The molecule has 0 aliphatic heterocycles. The minimum Gasteiger partial charge on any atom is -0.443 e. The molecule has 2 rings (SSSR count). The highest BCUT2D eigenvalue weighted by atomic mass is 16.4. The molecule has 1 N–H and O–H groups in total. The van der Waals surface area contributed by atoms with E-state index in [9.17, 15) is 0 Å². The van der Waals surface area contributed by atoms with Crippen molar-refractivity contribution >= 4 is 5.69 Å². The van der Waals surface area contributed by atoms with E-state index in [4.69, 9.17) is 4.42 Å². The van der Waals surface area contributed by atoms with Gasteiger partial charge in [0.1, 0.15) is 11.8 Å². The molecule has 2 aromatic rings. The average Bonchev–Trinajstić information content (AvgIpc) is 2.96. The van der Waals surface area contributed by atoms with Crippen molar-refractivity contribution in [1.82, 2.24) is 14.8 Å². The predicted molar refractivity (Wildman–Crippen MR) is 75.1 cm³/mol. The van der Waals surface area contributed by atoms with Gasteiger partial charge < -0.3 is 9.73 Å². The molecule has 19 heavy (non-hydrogen) atoms. The summed E-state index contributed by atoms with van der Waals surface area (Å²) in [7, 11) is 0. The second-order valence-corrected chi connectivity index (χ2v) is 5.76. The maximum absolute atomic E-state index is 5.81. The molecule has 5 nitrogen and oxygen atoms in total. The van der Waals surface area contributed by atoms with E-state index in [-0.39, 0.29) is 11.5 Å². The number of oxazole rings is 1. The largest absolute Gasteiger partial charge is 0.443 e. The zero-order valence-corrected chi connectivity index (χ0v) is 12.3. The van der Waals surface area contributed by atoms with E-state index in [0.29, 0.717) is 5.89 Å². The molecular weight excluding hydrogens is 240 g/mol.